The number of benzene rings is 3. The number of hydrogen-bond donors (Lipinski definition) is 2. The molecule has 0 aliphatic rings. The molecular formula is C23H22FNO2S. The molecule has 0 aliphatic heterocycles. The van der Waals surface area contributed by atoms with Crippen LogP contribution in [0.2, 0.25) is 0 Å². The van der Waals surface area contributed by atoms with Gasteiger partial charge in [0.1, 0.15) is 11.4 Å². The van der Waals surface area contributed by atoms with Crippen LogP contribution in [0.15, 0.2) is 83.8 Å². The number of rotatable bonds is 7. The lowest BCUT2D eigenvalue weighted by molar-refractivity contribution is -0.119. The molecule has 144 valence electrons. The van der Waals surface area contributed by atoms with Crippen molar-refractivity contribution in [3.05, 3.63) is 90.2 Å². The van der Waals surface area contributed by atoms with E-state index in [1.165, 1.54) is 23.9 Å². The SMILES string of the molecule is CC(O)(CNC(=O)CSc1ccc(F)cc1)c1ccc(-c2ccccc2)cc1. The molecule has 0 spiro atoms. The molecule has 1 atom stereocenters. The summed E-state index contributed by atoms with van der Waals surface area (Å²) in [7, 11) is 0. The molecule has 2 N–H and O–H groups in total. The molecule has 0 radical (unpaired) electrons. The number of aliphatic hydroxyl groups is 1. The second kappa shape index (κ2) is 9.04. The van der Waals surface area contributed by atoms with Crippen molar-refractivity contribution in [1.29, 1.82) is 0 Å². The van der Waals surface area contributed by atoms with Crippen LogP contribution in [-0.4, -0.2) is 23.3 Å². The van der Waals surface area contributed by atoms with Crippen LogP contribution in [0.5, 0.6) is 0 Å². The molecule has 0 heterocycles. The first-order valence-corrected chi connectivity index (χ1v) is 9.96. The highest BCUT2D eigenvalue weighted by molar-refractivity contribution is 8.00. The Morgan fingerprint density at radius 2 is 1.57 bits per heavy atom. The van der Waals surface area contributed by atoms with E-state index in [4.69, 9.17) is 0 Å². The quantitative estimate of drug-likeness (QED) is 0.575. The van der Waals surface area contributed by atoms with Gasteiger partial charge in [0.15, 0.2) is 0 Å². The van der Waals surface area contributed by atoms with Crippen molar-refractivity contribution in [2.75, 3.05) is 12.3 Å². The van der Waals surface area contributed by atoms with Crippen molar-refractivity contribution >= 4 is 17.7 Å². The van der Waals surface area contributed by atoms with Crippen LogP contribution in [0, 0.1) is 5.82 Å². The lowest BCUT2D eigenvalue weighted by atomic mass is 9.93. The molecule has 0 saturated carbocycles. The Labute approximate surface area is 168 Å². The van der Waals surface area contributed by atoms with Gasteiger partial charge in [0.25, 0.3) is 0 Å². The smallest absolute Gasteiger partial charge is 0.230 e. The summed E-state index contributed by atoms with van der Waals surface area (Å²) in [6.45, 7) is 1.79. The van der Waals surface area contributed by atoms with Gasteiger partial charge >= 0.3 is 0 Å². The lowest BCUT2D eigenvalue weighted by Crippen LogP contribution is -2.39. The predicted octanol–water partition coefficient (Wildman–Crippen LogP) is 4.61. The fourth-order valence-electron chi connectivity index (χ4n) is 2.76. The summed E-state index contributed by atoms with van der Waals surface area (Å²) in [6, 6.07) is 23.7. The van der Waals surface area contributed by atoms with Crippen molar-refractivity contribution in [3.8, 4) is 11.1 Å². The normalized spacial score (nSPS) is 13.0. The molecule has 28 heavy (non-hydrogen) atoms. The van der Waals surface area contributed by atoms with Gasteiger partial charge in [-0.2, -0.15) is 0 Å². The van der Waals surface area contributed by atoms with Crippen LogP contribution in [-0.2, 0) is 10.4 Å². The van der Waals surface area contributed by atoms with E-state index in [2.05, 4.69) is 5.32 Å². The van der Waals surface area contributed by atoms with E-state index >= 15 is 0 Å². The Hall–Kier alpha value is -2.63. The van der Waals surface area contributed by atoms with Crippen molar-refractivity contribution in [2.45, 2.75) is 17.4 Å². The van der Waals surface area contributed by atoms with Crippen LogP contribution >= 0.6 is 11.8 Å². The van der Waals surface area contributed by atoms with E-state index in [0.717, 1.165) is 21.6 Å². The summed E-state index contributed by atoms with van der Waals surface area (Å²) in [5, 5.41) is 13.5. The minimum absolute atomic E-state index is 0.112. The van der Waals surface area contributed by atoms with E-state index in [9.17, 15) is 14.3 Å². The van der Waals surface area contributed by atoms with Gasteiger partial charge in [-0.1, -0.05) is 54.6 Å². The molecule has 1 amide bonds. The highest BCUT2D eigenvalue weighted by Crippen LogP contribution is 2.25. The molecule has 5 heteroatoms. The van der Waals surface area contributed by atoms with E-state index in [-0.39, 0.29) is 24.0 Å². The first-order chi connectivity index (χ1) is 13.4. The van der Waals surface area contributed by atoms with Crippen LogP contribution in [0.1, 0.15) is 12.5 Å². The molecule has 0 fully saturated rings. The third-order valence-electron chi connectivity index (χ3n) is 4.43. The highest BCUT2D eigenvalue weighted by atomic mass is 32.2. The Kier molecular flexibility index (Phi) is 6.49. The van der Waals surface area contributed by atoms with Crippen LogP contribution in [0.3, 0.4) is 0 Å². The minimum Gasteiger partial charge on any atom is -0.384 e. The average molecular weight is 395 g/mol. The number of thioether (sulfide) groups is 1. The lowest BCUT2D eigenvalue weighted by Gasteiger charge is -2.24. The number of carbonyl (C=O) groups excluding carboxylic acids is 1. The van der Waals surface area contributed by atoms with Crippen LogP contribution < -0.4 is 5.32 Å². The predicted molar refractivity (Wildman–Crippen MR) is 112 cm³/mol. The molecule has 0 aliphatic carbocycles. The maximum atomic E-state index is 12.9. The summed E-state index contributed by atoms with van der Waals surface area (Å²) in [5.74, 6) is -0.284. The summed E-state index contributed by atoms with van der Waals surface area (Å²) >= 11 is 1.32. The zero-order valence-corrected chi connectivity index (χ0v) is 16.4. The van der Waals surface area contributed by atoms with Gasteiger partial charge in [0, 0.05) is 4.90 Å². The maximum Gasteiger partial charge on any atom is 0.230 e. The maximum absolute atomic E-state index is 12.9. The minimum atomic E-state index is -1.18. The monoisotopic (exact) mass is 395 g/mol. The molecule has 0 saturated heterocycles. The first kappa shape index (κ1) is 20.1. The zero-order valence-electron chi connectivity index (χ0n) is 15.6. The summed E-state index contributed by atoms with van der Waals surface area (Å²) in [4.78, 5) is 12.9. The standard InChI is InChI=1S/C23H22FNO2S/c1-23(27,16-25-22(26)15-28-21-13-11-20(24)12-14-21)19-9-7-18(8-10-19)17-5-3-2-4-6-17/h2-14,27H,15-16H2,1H3,(H,25,26). The topological polar surface area (TPSA) is 49.3 Å². The fourth-order valence-corrected chi connectivity index (χ4v) is 3.48. The number of amides is 1. The molecule has 0 aromatic heterocycles. The van der Waals surface area contributed by atoms with Crippen molar-refractivity contribution in [2.24, 2.45) is 0 Å². The second-order valence-corrected chi connectivity index (χ2v) is 7.79. The number of nitrogens with one attached hydrogen (secondary N) is 1. The third kappa shape index (κ3) is 5.44. The van der Waals surface area contributed by atoms with Crippen LogP contribution in [0.4, 0.5) is 4.39 Å². The summed E-state index contributed by atoms with van der Waals surface area (Å²) < 4.78 is 12.9. The highest BCUT2D eigenvalue weighted by Gasteiger charge is 2.23. The third-order valence-corrected chi connectivity index (χ3v) is 5.44. The molecular weight excluding hydrogens is 373 g/mol. The van der Waals surface area contributed by atoms with Crippen molar-refractivity contribution in [3.63, 3.8) is 0 Å². The molecule has 3 aromatic carbocycles. The van der Waals surface area contributed by atoms with Crippen LogP contribution in [0.25, 0.3) is 11.1 Å². The molecule has 3 rings (SSSR count). The number of hydrogen-bond acceptors (Lipinski definition) is 3. The van der Waals surface area contributed by atoms with E-state index in [1.807, 2.05) is 54.6 Å². The van der Waals surface area contributed by atoms with Gasteiger partial charge < -0.3 is 10.4 Å². The largest absolute Gasteiger partial charge is 0.384 e. The van der Waals surface area contributed by atoms with Gasteiger partial charge in [0.2, 0.25) is 5.91 Å². The van der Waals surface area contributed by atoms with E-state index < -0.39 is 5.60 Å². The zero-order chi connectivity index (χ0) is 20.0. The molecule has 1 unspecified atom stereocenters. The Balaban J connectivity index is 1.54. The Bertz CT molecular complexity index is 910. The number of carbonyl (C=O) groups is 1. The van der Waals surface area contributed by atoms with Crippen molar-refractivity contribution in [1.82, 2.24) is 5.32 Å². The van der Waals surface area contributed by atoms with E-state index in [0.29, 0.717) is 0 Å². The van der Waals surface area contributed by atoms with Gasteiger partial charge in [-0.05, 0) is 47.9 Å². The van der Waals surface area contributed by atoms with Gasteiger partial charge in [-0.25, -0.2) is 4.39 Å². The average Bonchev–Trinajstić information content (AvgIpc) is 2.73. The van der Waals surface area contributed by atoms with Gasteiger partial charge in [0.05, 0.1) is 12.3 Å². The van der Waals surface area contributed by atoms with Gasteiger partial charge in [-0.3, -0.25) is 4.79 Å². The molecule has 0 bridgehead atoms. The van der Waals surface area contributed by atoms with E-state index in [1.54, 1.807) is 19.1 Å². The Morgan fingerprint density at radius 1 is 0.964 bits per heavy atom. The molecule has 3 aromatic rings. The molecule has 3 nitrogen and oxygen atoms in total. The Morgan fingerprint density at radius 3 is 2.21 bits per heavy atom. The summed E-state index contributed by atoms with van der Waals surface area (Å²) in [5.41, 5.74) is 1.74. The number of halogens is 1. The second-order valence-electron chi connectivity index (χ2n) is 6.74. The summed E-state index contributed by atoms with van der Waals surface area (Å²) in [6.07, 6.45) is 0. The van der Waals surface area contributed by atoms with Crippen molar-refractivity contribution < 1.29 is 14.3 Å². The van der Waals surface area contributed by atoms with Gasteiger partial charge in [-0.15, -0.1) is 11.8 Å². The first-order valence-electron chi connectivity index (χ1n) is 8.97. The fraction of sp³-hybridized carbons (Fsp3) is 0.174.